The zero-order valence-electron chi connectivity index (χ0n) is 18.5. The minimum atomic E-state index is 0.489. The fourth-order valence-corrected chi connectivity index (χ4v) is 8.02. The summed E-state index contributed by atoms with van der Waals surface area (Å²) in [5, 5.41) is 4.96. The first-order valence-electron chi connectivity index (χ1n) is 12.3. The molecule has 158 valence electrons. The Morgan fingerprint density at radius 3 is 2.68 bits per heavy atom. The van der Waals surface area contributed by atoms with E-state index < -0.39 is 0 Å². The van der Waals surface area contributed by atoms with Crippen molar-refractivity contribution in [3.8, 4) is 0 Å². The Bertz CT molecular complexity index is 587. The largest absolute Gasteiger partial charge is 0.307 e. The lowest BCUT2D eigenvalue weighted by Gasteiger charge is -2.44. The van der Waals surface area contributed by atoms with E-state index in [2.05, 4.69) is 37.8 Å². The van der Waals surface area contributed by atoms with Gasteiger partial charge in [0, 0.05) is 28.0 Å². The molecule has 0 radical (unpaired) electrons. The minimum absolute atomic E-state index is 0.489. The third kappa shape index (κ3) is 4.89. The van der Waals surface area contributed by atoms with Gasteiger partial charge in [0.25, 0.3) is 0 Å². The van der Waals surface area contributed by atoms with Gasteiger partial charge >= 0.3 is 0 Å². The molecule has 5 unspecified atom stereocenters. The van der Waals surface area contributed by atoms with E-state index in [1.165, 1.54) is 76.3 Å². The first kappa shape index (κ1) is 21.0. The molecule has 2 bridgehead atoms. The van der Waals surface area contributed by atoms with Crippen molar-refractivity contribution in [1.82, 2.24) is 5.32 Å². The molecule has 3 saturated carbocycles. The average Bonchev–Trinajstić information content (AvgIpc) is 3.07. The number of hydrogen-bond donors (Lipinski definition) is 1. The molecule has 5 atom stereocenters. The SMILES string of the molecule is CCCC1=NCC(C(C)NC2CCC3CC(C)CC2C3)=C1SC1CCCCC1. The molecule has 0 aromatic heterocycles. The molecular weight excluding hydrogens is 360 g/mol. The molecule has 3 aliphatic carbocycles. The van der Waals surface area contributed by atoms with Gasteiger partial charge in [-0.15, -0.1) is 11.8 Å². The predicted molar refractivity (Wildman–Crippen MR) is 124 cm³/mol. The summed E-state index contributed by atoms with van der Waals surface area (Å²) in [5.74, 6) is 2.87. The number of thioether (sulfide) groups is 1. The first-order chi connectivity index (χ1) is 13.6. The molecule has 28 heavy (non-hydrogen) atoms. The highest BCUT2D eigenvalue weighted by atomic mass is 32.2. The highest BCUT2D eigenvalue weighted by Gasteiger charge is 2.37. The Kier molecular flexibility index (Phi) is 7.25. The zero-order chi connectivity index (χ0) is 19.5. The third-order valence-corrected chi connectivity index (χ3v) is 9.37. The molecule has 3 heteroatoms. The average molecular weight is 403 g/mol. The van der Waals surface area contributed by atoms with Crippen LogP contribution >= 0.6 is 11.8 Å². The van der Waals surface area contributed by atoms with Crippen LogP contribution in [0.1, 0.15) is 97.8 Å². The summed E-state index contributed by atoms with van der Waals surface area (Å²) in [6.45, 7) is 8.16. The van der Waals surface area contributed by atoms with Crippen LogP contribution in [0.25, 0.3) is 0 Å². The molecule has 1 heterocycles. The van der Waals surface area contributed by atoms with Crippen molar-refractivity contribution in [3.63, 3.8) is 0 Å². The summed E-state index contributed by atoms with van der Waals surface area (Å²) in [5.41, 5.74) is 3.04. The Morgan fingerprint density at radius 1 is 1.07 bits per heavy atom. The summed E-state index contributed by atoms with van der Waals surface area (Å²) in [6, 6.07) is 1.22. The Hall–Kier alpha value is -0.280. The van der Waals surface area contributed by atoms with Crippen molar-refractivity contribution in [1.29, 1.82) is 0 Å². The first-order valence-corrected chi connectivity index (χ1v) is 13.2. The monoisotopic (exact) mass is 402 g/mol. The number of nitrogens with one attached hydrogen (secondary N) is 1. The van der Waals surface area contributed by atoms with Gasteiger partial charge in [-0.3, -0.25) is 4.99 Å². The van der Waals surface area contributed by atoms with Gasteiger partial charge in [-0.25, -0.2) is 0 Å². The van der Waals surface area contributed by atoms with Gasteiger partial charge in [-0.2, -0.15) is 0 Å². The third-order valence-electron chi connectivity index (χ3n) is 7.84. The van der Waals surface area contributed by atoms with Crippen LogP contribution in [-0.2, 0) is 0 Å². The van der Waals surface area contributed by atoms with E-state index in [0.717, 1.165) is 42.0 Å². The molecule has 4 rings (SSSR count). The summed E-state index contributed by atoms with van der Waals surface area (Å²) in [7, 11) is 0. The number of allylic oxidation sites excluding steroid dienone is 1. The smallest absolute Gasteiger partial charge is 0.0632 e. The Labute approximate surface area is 177 Å². The van der Waals surface area contributed by atoms with Crippen molar-refractivity contribution in [2.45, 2.75) is 115 Å². The molecule has 1 aliphatic heterocycles. The number of nitrogens with zero attached hydrogens (tertiary/aromatic N) is 1. The fourth-order valence-electron chi connectivity index (χ4n) is 6.42. The second-order valence-electron chi connectivity index (χ2n) is 10.3. The van der Waals surface area contributed by atoms with Gasteiger partial charge in [0.1, 0.15) is 0 Å². The molecule has 4 aliphatic rings. The maximum absolute atomic E-state index is 5.02. The van der Waals surface area contributed by atoms with E-state index in [4.69, 9.17) is 4.99 Å². The molecule has 0 spiro atoms. The van der Waals surface area contributed by atoms with Crippen LogP contribution in [-0.4, -0.2) is 29.6 Å². The fraction of sp³-hybridized carbons (Fsp3) is 0.880. The van der Waals surface area contributed by atoms with Crippen LogP contribution in [0.3, 0.4) is 0 Å². The maximum atomic E-state index is 5.02. The van der Waals surface area contributed by atoms with Gasteiger partial charge in [0.15, 0.2) is 0 Å². The number of aliphatic imine (C=N–C) groups is 1. The second kappa shape index (κ2) is 9.69. The topological polar surface area (TPSA) is 24.4 Å². The standard InChI is InChI=1S/C25H42N2S/c1-4-8-24-25(28-21-9-6-5-7-10-21)22(16-26-24)18(3)27-23-12-11-19-13-17(2)14-20(23)15-19/h17-21,23,27H,4-16H2,1-3H3. The molecule has 0 aromatic rings. The van der Waals surface area contributed by atoms with Crippen LogP contribution in [0.2, 0.25) is 0 Å². The molecule has 0 saturated heterocycles. The highest BCUT2D eigenvalue weighted by Crippen LogP contribution is 2.43. The Balaban J connectivity index is 1.44. The van der Waals surface area contributed by atoms with Gasteiger partial charge < -0.3 is 5.32 Å². The van der Waals surface area contributed by atoms with Crippen LogP contribution in [0.4, 0.5) is 0 Å². The molecule has 0 aromatic carbocycles. The van der Waals surface area contributed by atoms with E-state index in [0.29, 0.717) is 6.04 Å². The summed E-state index contributed by atoms with van der Waals surface area (Å²) >= 11 is 2.20. The van der Waals surface area contributed by atoms with Gasteiger partial charge in [-0.1, -0.05) is 39.5 Å². The van der Waals surface area contributed by atoms with E-state index in [9.17, 15) is 0 Å². The quantitative estimate of drug-likeness (QED) is 0.509. The van der Waals surface area contributed by atoms with Crippen molar-refractivity contribution in [3.05, 3.63) is 10.5 Å². The van der Waals surface area contributed by atoms with Gasteiger partial charge in [0.2, 0.25) is 0 Å². The second-order valence-corrected chi connectivity index (χ2v) is 11.6. The summed E-state index contributed by atoms with van der Waals surface area (Å²) in [4.78, 5) is 6.62. The van der Waals surface area contributed by atoms with Crippen LogP contribution in [0, 0.1) is 17.8 Å². The maximum Gasteiger partial charge on any atom is 0.0632 e. The summed E-state index contributed by atoms with van der Waals surface area (Å²) in [6.07, 6.45) is 16.8. The normalized spacial score (nSPS) is 35.2. The molecule has 0 amide bonds. The van der Waals surface area contributed by atoms with Crippen molar-refractivity contribution in [2.24, 2.45) is 22.7 Å². The zero-order valence-corrected chi connectivity index (χ0v) is 19.3. The van der Waals surface area contributed by atoms with Gasteiger partial charge in [-0.05, 0) is 81.6 Å². The molecule has 3 fully saturated rings. The van der Waals surface area contributed by atoms with Gasteiger partial charge in [0.05, 0.1) is 6.54 Å². The van der Waals surface area contributed by atoms with Crippen molar-refractivity contribution < 1.29 is 0 Å². The van der Waals surface area contributed by atoms with Crippen LogP contribution in [0.15, 0.2) is 15.5 Å². The lowest BCUT2D eigenvalue weighted by Crippen LogP contribution is -2.48. The van der Waals surface area contributed by atoms with E-state index in [-0.39, 0.29) is 0 Å². The van der Waals surface area contributed by atoms with Crippen LogP contribution < -0.4 is 5.32 Å². The van der Waals surface area contributed by atoms with Crippen molar-refractivity contribution >= 4 is 17.5 Å². The number of rotatable bonds is 7. The molecule has 2 nitrogen and oxygen atoms in total. The minimum Gasteiger partial charge on any atom is -0.307 e. The van der Waals surface area contributed by atoms with E-state index in [1.54, 1.807) is 10.5 Å². The van der Waals surface area contributed by atoms with Crippen LogP contribution in [0.5, 0.6) is 0 Å². The lowest BCUT2D eigenvalue weighted by atomic mass is 9.66. The molecular formula is C25H42N2S. The predicted octanol–water partition coefficient (Wildman–Crippen LogP) is 6.75. The number of fused-ring (bicyclic) bond motifs is 2. The highest BCUT2D eigenvalue weighted by molar-refractivity contribution is 8.04. The number of hydrogen-bond acceptors (Lipinski definition) is 3. The van der Waals surface area contributed by atoms with E-state index in [1.807, 2.05) is 0 Å². The van der Waals surface area contributed by atoms with Crippen molar-refractivity contribution in [2.75, 3.05) is 6.54 Å². The lowest BCUT2D eigenvalue weighted by molar-refractivity contribution is 0.106. The van der Waals surface area contributed by atoms with E-state index >= 15 is 0 Å². The molecule has 1 N–H and O–H groups in total. The Morgan fingerprint density at radius 2 is 1.89 bits per heavy atom. The summed E-state index contributed by atoms with van der Waals surface area (Å²) < 4.78 is 0.